The molecule has 0 atom stereocenters. The van der Waals surface area contributed by atoms with Crippen LogP contribution in [-0.4, -0.2) is 27.2 Å². The molecule has 1 N–H and O–H groups in total. The molecular formula is C22H19FN4O. The van der Waals surface area contributed by atoms with E-state index in [0.717, 1.165) is 22.0 Å². The number of aromatic nitrogens is 3. The Kier molecular flexibility index (Phi) is 5.10. The molecule has 2 heterocycles. The second kappa shape index (κ2) is 8.00. The summed E-state index contributed by atoms with van der Waals surface area (Å²) in [5.74, 6) is -0.485. The van der Waals surface area contributed by atoms with Crippen molar-refractivity contribution in [3.8, 4) is 0 Å². The lowest BCUT2D eigenvalue weighted by molar-refractivity contribution is 0.0950. The van der Waals surface area contributed by atoms with Gasteiger partial charge in [0.05, 0.1) is 12.1 Å². The van der Waals surface area contributed by atoms with Crippen LogP contribution in [0, 0.1) is 5.82 Å². The summed E-state index contributed by atoms with van der Waals surface area (Å²) >= 11 is 0. The van der Waals surface area contributed by atoms with Crippen LogP contribution in [0.15, 0.2) is 73.1 Å². The number of hydrogen-bond donors (Lipinski definition) is 1. The number of rotatable bonds is 6. The van der Waals surface area contributed by atoms with Gasteiger partial charge in [0, 0.05) is 24.3 Å². The number of carbonyl (C=O) groups is 1. The summed E-state index contributed by atoms with van der Waals surface area (Å²) in [6.45, 7) is 0.966. The zero-order chi connectivity index (χ0) is 19.3. The van der Waals surface area contributed by atoms with Gasteiger partial charge in [-0.05, 0) is 41.8 Å². The van der Waals surface area contributed by atoms with Crippen LogP contribution in [-0.2, 0) is 13.0 Å². The van der Waals surface area contributed by atoms with Gasteiger partial charge < -0.3 is 5.32 Å². The molecule has 2 aromatic carbocycles. The van der Waals surface area contributed by atoms with Gasteiger partial charge in [-0.15, -0.1) is 0 Å². The first-order chi connectivity index (χ1) is 13.7. The molecule has 0 aliphatic rings. The third-order valence-corrected chi connectivity index (χ3v) is 4.54. The van der Waals surface area contributed by atoms with Crippen molar-refractivity contribution < 1.29 is 9.18 Å². The molecule has 5 nitrogen and oxygen atoms in total. The molecule has 1 amide bonds. The van der Waals surface area contributed by atoms with Crippen molar-refractivity contribution in [3.05, 3.63) is 95.7 Å². The number of carbonyl (C=O) groups excluding carboxylic acids is 1. The molecule has 28 heavy (non-hydrogen) atoms. The van der Waals surface area contributed by atoms with Gasteiger partial charge in [0.2, 0.25) is 0 Å². The van der Waals surface area contributed by atoms with E-state index in [0.29, 0.717) is 25.2 Å². The molecule has 0 saturated heterocycles. The minimum atomic E-state index is -0.275. The Hall–Kier alpha value is -3.54. The maximum Gasteiger partial charge on any atom is 0.272 e. The molecule has 0 fully saturated rings. The van der Waals surface area contributed by atoms with Crippen LogP contribution < -0.4 is 5.32 Å². The predicted octanol–water partition coefficient (Wildman–Crippen LogP) is 3.59. The normalized spacial score (nSPS) is 10.9. The summed E-state index contributed by atoms with van der Waals surface area (Å²) in [6.07, 6.45) is 4.22. The Morgan fingerprint density at radius 2 is 1.82 bits per heavy atom. The lowest BCUT2D eigenvalue weighted by Gasteiger charge is -2.04. The van der Waals surface area contributed by atoms with Gasteiger partial charge in [-0.2, -0.15) is 5.10 Å². The van der Waals surface area contributed by atoms with Crippen LogP contribution in [0.2, 0.25) is 0 Å². The van der Waals surface area contributed by atoms with E-state index in [1.54, 1.807) is 29.2 Å². The van der Waals surface area contributed by atoms with E-state index in [1.807, 2.05) is 36.4 Å². The lowest BCUT2D eigenvalue weighted by atomic mass is 10.2. The van der Waals surface area contributed by atoms with Crippen molar-refractivity contribution >= 4 is 16.8 Å². The predicted molar refractivity (Wildman–Crippen MR) is 106 cm³/mol. The molecule has 140 valence electrons. The highest BCUT2D eigenvalue weighted by Crippen LogP contribution is 2.20. The average molecular weight is 374 g/mol. The quantitative estimate of drug-likeness (QED) is 0.561. The van der Waals surface area contributed by atoms with Gasteiger partial charge in [0.1, 0.15) is 5.82 Å². The van der Waals surface area contributed by atoms with Crippen molar-refractivity contribution in [3.63, 3.8) is 0 Å². The van der Waals surface area contributed by atoms with E-state index in [2.05, 4.69) is 15.4 Å². The third kappa shape index (κ3) is 3.91. The van der Waals surface area contributed by atoms with Crippen molar-refractivity contribution in [1.29, 1.82) is 0 Å². The molecule has 4 rings (SSSR count). The number of hydrogen-bond acceptors (Lipinski definition) is 3. The molecule has 4 aromatic rings. The monoisotopic (exact) mass is 374 g/mol. The summed E-state index contributed by atoms with van der Waals surface area (Å²) in [4.78, 5) is 16.8. The molecule has 0 saturated carbocycles. The van der Waals surface area contributed by atoms with Crippen molar-refractivity contribution in [1.82, 2.24) is 20.1 Å². The first-order valence-corrected chi connectivity index (χ1v) is 9.08. The van der Waals surface area contributed by atoms with Crippen LogP contribution in [0.4, 0.5) is 4.39 Å². The van der Waals surface area contributed by atoms with Crippen LogP contribution in [0.25, 0.3) is 10.9 Å². The topological polar surface area (TPSA) is 59.8 Å². The van der Waals surface area contributed by atoms with E-state index in [-0.39, 0.29) is 11.7 Å². The molecule has 2 aromatic heterocycles. The van der Waals surface area contributed by atoms with Gasteiger partial charge in [-0.25, -0.2) is 4.39 Å². The minimum Gasteiger partial charge on any atom is -0.350 e. The lowest BCUT2D eigenvalue weighted by Crippen LogP contribution is -2.26. The number of para-hydroxylation sites is 1. The highest BCUT2D eigenvalue weighted by Gasteiger charge is 2.16. The molecule has 0 aliphatic heterocycles. The Morgan fingerprint density at radius 3 is 2.61 bits per heavy atom. The molecular weight excluding hydrogens is 355 g/mol. The number of benzene rings is 2. The maximum atomic E-state index is 13.2. The van der Waals surface area contributed by atoms with Gasteiger partial charge in [0.15, 0.2) is 5.69 Å². The SMILES string of the molecule is O=C(NCCc1cccnc1)c1nn(Cc2ccc(F)cc2)c2ccccc12. The maximum absolute atomic E-state index is 13.2. The average Bonchev–Trinajstić information content (AvgIpc) is 3.09. The van der Waals surface area contributed by atoms with E-state index < -0.39 is 0 Å². The van der Waals surface area contributed by atoms with E-state index in [1.165, 1.54) is 12.1 Å². The minimum absolute atomic E-state index is 0.210. The highest BCUT2D eigenvalue weighted by molar-refractivity contribution is 6.04. The zero-order valence-corrected chi connectivity index (χ0v) is 15.2. The standard InChI is InChI=1S/C22H19FN4O/c23-18-9-7-17(8-10-18)15-27-20-6-2-1-5-19(20)21(26-27)22(28)25-13-11-16-4-3-12-24-14-16/h1-10,12,14H,11,13,15H2,(H,25,28). The summed E-state index contributed by atoms with van der Waals surface area (Å²) in [6, 6.07) is 17.8. The molecule has 0 bridgehead atoms. The van der Waals surface area contributed by atoms with Crippen molar-refractivity contribution in [2.24, 2.45) is 0 Å². The van der Waals surface area contributed by atoms with Crippen molar-refractivity contribution in [2.45, 2.75) is 13.0 Å². The highest BCUT2D eigenvalue weighted by atomic mass is 19.1. The molecule has 6 heteroatoms. The van der Waals surface area contributed by atoms with E-state index >= 15 is 0 Å². The Bertz CT molecular complexity index is 1090. The Labute approximate surface area is 161 Å². The third-order valence-electron chi connectivity index (χ3n) is 4.54. The molecule has 0 radical (unpaired) electrons. The first kappa shape index (κ1) is 17.9. The summed E-state index contributed by atoms with van der Waals surface area (Å²) in [5.41, 5.74) is 3.24. The van der Waals surface area contributed by atoms with Gasteiger partial charge in [-0.3, -0.25) is 14.5 Å². The molecule has 0 spiro atoms. The number of halogens is 1. The van der Waals surface area contributed by atoms with Crippen LogP contribution >= 0.6 is 0 Å². The Morgan fingerprint density at radius 1 is 1.00 bits per heavy atom. The van der Waals surface area contributed by atoms with E-state index in [4.69, 9.17) is 0 Å². The summed E-state index contributed by atoms with van der Waals surface area (Å²) in [5, 5.41) is 8.26. The smallest absolute Gasteiger partial charge is 0.272 e. The Balaban J connectivity index is 1.53. The number of fused-ring (bicyclic) bond motifs is 1. The number of nitrogens with zero attached hydrogens (tertiary/aromatic N) is 3. The van der Waals surface area contributed by atoms with Gasteiger partial charge in [-0.1, -0.05) is 36.4 Å². The fourth-order valence-corrected chi connectivity index (χ4v) is 3.13. The van der Waals surface area contributed by atoms with Gasteiger partial charge in [0.25, 0.3) is 5.91 Å². The summed E-state index contributed by atoms with van der Waals surface area (Å²) in [7, 11) is 0. The number of nitrogens with one attached hydrogen (secondary N) is 1. The van der Waals surface area contributed by atoms with Crippen LogP contribution in [0.3, 0.4) is 0 Å². The molecule has 0 unspecified atom stereocenters. The van der Waals surface area contributed by atoms with Crippen LogP contribution in [0.1, 0.15) is 21.6 Å². The van der Waals surface area contributed by atoms with E-state index in [9.17, 15) is 9.18 Å². The molecule has 0 aliphatic carbocycles. The van der Waals surface area contributed by atoms with Gasteiger partial charge >= 0.3 is 0 Å². The second-order valence-electron chi connectivity index (χ2n) is 6.52. The fraction of sp³-hybridized carbons (Fsp3) is 0.136. The van der Waals surface area contributed by atoms with Crippen molar-refractivity contribution in [2.75, 3.05) is 6.54 Å². The fourth-order valence-electron chi connectivity index (χ4n) is 3.13. The number of amides is 1. The first-order valence-electron chi connectivity index (χ1n) is 9.08. The number of pyridine rings is 1. The van der Waals surface area contributed by atoms with Crippen LogP contribution in [0.5, 0.6) is 0 Å². The zero-order valence-electron chi connectivity index (χ0n) is 15.2. The summed E-state index contributed by atoms with van der Waals surface area (Å²) < 4.78 is 14.9. The second-order valence-corrected chi connectivity index (χ2v) is 6.52. The largest absolute Gasteiger partial charge is 0.350 e.